The normalized spacial score (nSPS) is 14.1. The molecule has 0 bridgehead atoms. The van der Waals surface area contributed by atoms with Crippen molar-refractivity contribution in [3.05, 3.63) is 65.1 Å². The first-order chi connectivity index (χ1) is 16.7. The first kappa shape index (κ1) is 24.5. The number of carbonyl (C=O) groups excluding carboxylic acids is 1. The number of hydrogen-bond donors (Lipinski definition) is 2. The molecule has 11 heteroatoms. The number of aromatic nitrogens is 1. The maximum Gasteiger partial charge on any atom is 0.387 e. The molecular formula is C24H23F4N3O4. The Kier molecular flexibility index (Phi) is 7.25. The molecule has 0 spiro atoms. The van der Waals surface area contributed by atoms with Gasteiger partial charge in [-0.15, -0.1) is 0 Å². The van der Waals surface area contributed by atoms with Crippen LogP contribution < -0.4 is 20.5 Å². The monoisotopic (exact) mass is 493 g/mol. The number of alkyl halides is 2. The lowest BCUT2D eigenvalue weighted by Crippen LogP contribution is -2.25. The number of halogens is 4. The number of nitrogens with one attached hydrogen (secondary N) is 1. The van der Waals surface area contributed by atoms with Crippen LogP contribution in [0.3, 0.4) is 0 Å². The van der Waals surface area contributed by atoms with Gasteiger partial charge in [0.2, 0.25) is 5.89 Å². The highest BCUT2D eigenvalue weighted by atomic mass is 19.3. The second-order valence-corrected chi connectivity index (χ2v) is 8.23. The third-order valence-electron chi connectivity index (χ3n) is 5.31. The van der Waals surface area contributed by atoms with E-state index < -0.39 is 30.2 Å². The summed E-state index contributed by atoms with van der Waals surface area (Å²) in [4.78, 5) is 17.0. The van der Waals surface area contributed by atoms with Crippen molar-refractivity contribution < 1.29 is 36.2 Å². The summed E-state index contributed by atoms with van der Waals surface area (Å²) in [6.45, 7) is -1.31. The van der Waals surface area contributed by atoms with Crippen LogP contribution in [0.5, 0.6) is 11.5 Å². The average Bonchev–Trinajstić information content (AvgIpc) is 3.52. The molecule has 1 saturated carbocycles. The molecule has 0 unspecified atom stereocenters. The zero-order valence-corrected chi connectivity index (χ0v) is 18.7. The van der Waals surface area contributed by atoms with E-state index in [0.29, 0.717) is 24.2 Å². The second kappa shape index (κ2) is 10.3. The minimum Gasteiger partial charge on any atom is -0.489 e. The van der Waals surface area contributed by atoms with E-state index in [-0.39, 0.29) is 41.0 Å². The molecule has 0 saturated heterocycles. The number of amides is 1. The van der Waals surface area contributed by atoms with E-state index >= 15 is 0 Å². The quantitative estimate of drug-likeness (QED) is 0.388. The van der Waals surface area contributed by atoms with Crippen LogP contribution in [-0.4, -0.2) is 24.1 Å². The average molecular weight is 493 g/mol. The van der Waals surface area contributed by atoms with Crippen LogP contribution in [-0.2, 0) is 6.54 Å². The minimum absolute atomic E-state index is 0.00952. The Bertz CT molecular complexity index is 1210. The molecule has 1 heterocycles. The summed E-state index contributed by atoms with van der Waals surface area (Å²) < 4.78 is 68.5. The molecule has 35 heavy (non-hydrogen) atoms. The van der Waals surface area contributed by atoms with Crippen molar-refractivity contribution in [2.24, 2.45) is 11.7 Å². The van der Waals surface area contributed by atoms with Crippen molar-refractivity contribution >= 4 is 5.91 Å². The standard InChI is InChI=1S/C24H23F4N3O4/c1-12(29)21-20(22(32)30-10-15-4-6-16(25)9-17(15)26)31-23(35-21)14-5-7-18(34-24(27)28)19(8-14)33-11-13-2-3-13/h4-9,12-13,24H,2-3,10-11,29H2,1H3,(H,30,32)/t12-/m0/s1. The number of hydrogen-bond acceptors (Lipinski definition) is 6. The zero-order chi connectivity index (χ0) is 25.1. The Morgan fingerprint density at radius 2 is 1.97 bits per heavy atom. The van der Waals surface area contributed by atoms with E-state index in [4.69, 9.17) is 14.9 Å². The summed E-state index contributed by atoms with van der Waals surface area (Å²) in [7, 11) is 0. The summed E-state index contributed by atoms with van der Waals surface area (Å²) in [6, 6.07) is 6.48. The molecule has 1 aliphatic carbocycles. The molecule has 2 aromatic carbocycles. The van der Waals surface area contributed by atoms with Crippen LogP contribution in [0, 0.1) is 17.6 Å². The largest absolute Gasteiger partial charge is 0.489 e. The van der Waals surface area contributed by atoms with E-state index in [1.165, 1.54) is 24.3 Å². The van der Waals surface area contributed by atoms with Gasteiger partial charge in [-0.05, 0) is 49.9 Å². The molecule has 1 fully saturated rings. The highest BCUT2D eigenvalue weighted by Gasteiger charge is 2.26. The fourth-order valence-electron chi connectivity index (χ4n) is 3.29. The number of ether oxygens (including phenoxy) is 2. The first-order valence-corrected chi connectivity index (χ1v) is 10.9. The van der Waals surface area contributed by atoms with Gasteiger partial charge in [-0.2, -0.15) is 8.78 Å². The van der Waals surface area contributed by atoms with Gasteiger partial charge < -0.3 is 24.9 Å². The van der Waals surface area contributed by atoms with Crippen molar-refractivity contribution in [1.29, 1.82) is 0 Å². The third kappa shape index (κ3) is 6.10. The van der Waals surface area contributed by atoms with E-state index in [2.05, 4.69) is 15.0 Å². The van der Waals surface area contributed by atoms with Gasteiger partial charge in [0.25, 0.3) is 5.91 Å². The SMILES string of the molecule is C[C@H](N)c1oc(-c2ccc(OC(F)F)c(OCC3CC3)c2)nc1C(=O)NCc1ccc(F)cc1F. The lowest BCUT2D eigenvalue weighted by atomic mass is 10.2. The number of oxazole rings is 1. The van der Waals surface area contributed by atoms with Crippen molar-refractivity contribution in [1.82, 2.24) is 10.3 Å². The lowest BCUT2D eigenvalue weighted by molar-refractivity contribution is -0.0515. The Morgan fingerprint density at radius 1 is 1.20 bits per heavy atom. The molecule has 1 amide bonds. The summed E-state index contributed by atoms with van der Waals surface area (Å²) >= 11 is 0. The summed E-state index contributed by atoms with van der Waals surface area (Å²) in [6.07, 6.45) is 2.00. The van der Waals surface area contributed by atoms with Gasteiger partial charge in [0.05, 0.1) is 12.6 Å². The van der Waals surface area contributed by atoms with Crippen LogP contribution in [0.15, 0.2) is 40.8 Å². The number of nitrogens with zero attached hydrogens (tertiary/aromatic N) is 1. The van der Waals surface area contributed by atoms with Crippen molar-refractivity contribution in [3.63, 3.8) is 0 Å². The third-order valence-corrected chi connectivity index (χ3v) is 5.31. The Balaban J connectivity index is 1.58. The topological polar surface area (TPSA) is 99.6 Å². The lowest BCUT2D eigenvalue weighted by Gasteiger charge is -2.12. The number of carbonyl (C=O) groups is 1. The molecule has 0 radical (unpaired) electrons. The predicted octanol–water partition coefficient (Wildman–Crippen LogP) is 4.96. The first-order valence-electron chi connectivity index (χ1n) is 10.9. The molecule has 186 valence electrons. The van der Waals surface area contributed by atoms with Gasteiger partial charge in [0, 0.05) is 23.7 Å². The van der Waals surface area contributed by atoms with Gasteiger partial charge in [0.15, 0.2) is 23.0 Å². The van der Waals surface area contributed by atoms with Crippen molar-refractivity contribution in [3.8, 4) is 23.0 Å². The molecule has 1 atom stereocenters. The van der Waals surface area contributed by atoms with E-state index in [1.807, 2.05) is 0 Å². The Labute approximate surface area is 198 Å². The van der Waals surface area contributed by atoms with E-state index in [0.717, 1.165) is 18.9 Å². The highest BCUT2D eigenvalue weighted by Crippen LogP contribution is 2.37. The molecular weight excluding hydrogens is 470 g/mol. The zero-order valence-electron chi connectivity index (χ0n) is 18.7. The predicted molar refractivity (Wildman–Crippen MR) is 117 cm³/mol. The van der Waals surface area contributed by atoms with Gasteiger partial charge in [-0.1, -0.05) is 6.07 Å². The minimum atomic E-state index is -3.03. The van der Waals surface area contributed by atoms with Gasteiger partial charge in [0.1, 0.15) is 11.6 Å². The summed E-state index contributed by atoms with van der Waals surface area (Å²) in [5.41, 5.74) is 6.26. The smallest absolute Gasteiger partial charge is 0.387 e. The van der Waals surface area contributed by atoms with Crippen LogP contribution in [0.2, 0.25) is 0 Å². The molecule has 3 aromatic rings. The van der Waals surface area contributed by atoms with Gasteiger partial charge in [-0.25, -0.2) is 13.8 Å². The van der Waals surface area contributed by atoms with E-state index in [9.17, 15) is 22.4 Å². The number of rotatable bonds is 10. The second-order valence-electron chi connectivity index (χ2n) is 8.23. The Morgan fingerprint density at radius 3 is 2.63 bits per heavy atom. The van der Waals surface area contributed by atoms with E-state index in [1.54, 1.807) is 6.92 Å². The molecule has 7 nitrogen and oxygen atoms in total. The Hall–Kier alpha value is -3.60. The maximum absolute atomic E-state index is 13.9. The summed E-state index contributed by atoms with van der Waals surface area (Å²) in [5.74, 6) is -1.81. The van der Waals surface area contributed by atoms with Crippen LogP contribution in [0.1, 0.15) is 47.6 Å². The molecule has 3 N–H and O–H groups in total. The fraction of sp³-hybridized carbons (Fsp3) is 0.333. The van der Waals surface area contributed by atoms with Crippen molar-refractivity contribution in [2.75, 3.05) is 6.61 Å². The molecule has 1 aromatic heterocycles. The fourth-order valence-corrected chi connectivity index (χ4v) is 3.29. The van der Waals surface area contributed by atoms with Crippen LogP contribution >= 0.6 is 0 Å². The highest BCUT2D eigenvalue weighted by molar-refractivity contribution is 5.94. The number of benzene rings is 2. The van der Waals surface area contributed by atoms with Crippen molar-refractivity contribution in [2.45, 2.75) is 39.0 Å². The van der Waals surface area contributed by atoms with Gasteiger partial charge >= 0.3 is 6.61 Å². The number of nitrogens with two attached hydrogens (primary N) is 1. The maximum atomic E-state index is 13.9. The van der Waals surface area contributed by atoms with Gasteiger partial charge in [-0.3, -0.25) is 4.79 Å². The molecule has 4 rings (SSSR count). The molecule has 1 aliphatic rings. The summed E-state index contributed by atoms with van der Waals surface area (Å²) in [5, 5.41) is 2.51. The van der Waals surface area contributed by atoms with Crippen LogP contribution in [0.25, 0.3) is 11.5 Å². The molecule has 0 aliphatic heterocycles. The van der Waals surface area contributed by atoms with Crippen LogP contribution in [0.4, 0.5) is 17.6 Å².